The van der Waals surface area contributed by atoms with Crippen LogP contribution in [0.15, 0.2) is 36.4 Å². The van der Waals surface area contributed by atoms with E-state index in [0.717, 1.165) is 18.3 Å². The van der Waals surface area contributed by atoms with Crippen LogP contribution in [0.1, 0.15) is 35.4 Å². The Morgan fingerprint density at radius 2 is 1.35 bits per heavy atom. The lowest BCUT2D eigenvalue weighted by Gasteiger charge is -2.13. The second kappa shape index (κ2) is 4.55. The third kappa shape index (κ3) is 1.71. The molecule has 0 aliphatic heterocycles. The molecule has 20 heavy (non-hydrogen) atoms. The standard InChI is InChI=1S/C18H16BN/c19-13-9-11-14(12-10-13)20-17-7-3-1-5-15(17)16-6-2-4-8-18(16)20/h3-4,7-12H,1-2,5-6H2. The number of nitrogens with zero attached hydrogens (tertiary/aromatic N) is 1. The predicted octanol–water partition coefficient (Wildman–Crippen LogP) is 3.19. The Labute approximate surface area is 121 Å². The smallest absolute Gasteiger partial charge is 0.113 e. The van der Waals surface area contributed by atoms with E-state index < -0.39 is 0 Å². The van der Waals surface area contributed by atoms with Crippen molar-refractivity contribution < 1.29 is 0 Å². The highest BCUT2D eigenvalue weighted by molar-refractivity contribution is 6.32. The molecule has 96 valence electrons. The second-order valence-electron chi connectivity index (χ2n) is 5.54. The van der Waals surface area contributed by atoms with Crippen LogP contribution in [0.25, 0.3) is 17.8 Å². The van der Waals surface area contributed by atoms with E-state index in [4.69, 9.17) is 7.85 Å². The Hall–Kier alpha value is -1.96. The molecule has 1 heterocycles. The van der Waals surface area contributed by atoms with Gasteiger partial charge in [0.15, 0.2) is 0 Å². The number of hydrogen-bond acceptors (Lipinski definition) is 0. The Balaban J connectivity index is 2.00. The summed E-state index contributed by atoms with van der Waals surface area (Å²) in [4.78, 5) is 0. The normalized spacial score (nSPS) is 16.0. The van der Waals surface area contributed by atoms with Gasteiger partial charge in [0.1, 0.15) is 7.85 Å². The first-order chi connectivity index (χ1) is 9.84. The molecule has 0 fully saturated rings. The first-order valence-electron chi connectivity index (χ1n) is 7.30. The summed E-state index contributed by atoms with van der Waals surface area (Å²) in [6.45, 7) is 0. The van der Waals surface area contributed by atoms with Crippen LogP contribution in [0.5, 0.6) is 0 Å². The minimum absolute atomic E-state index is 0.815. The average molecular weight is 257 g/mol. The van der Waals surface area contributed by atoms with E-state index >= 15 is 0 Å². The van der Waals surface area contributed by atoms with Gasteiger partial charge in [0, 0.05) is 17.1 Å². The van der Waals surface area contributed by atoms with Gasteiger partial charge < -0.3 is 4.57 Å². The molecule has 2 aliphatic rings. The first kappa shape index (κ1) is 11.8. The van der Waals surface area contributed by atoms with Gasteiger partial charge in [-0.25, -0.2) is 0 Å². The lowest BCUT2D eigenvalue weighted by atomic mass is 9.94. The SMILES string of the molecule is [B]c1ccc(-n2c3c(c4c2C=CCC4)CCC=C3)cc1. The van der Waals surface area contributed by atoms with Gasteiger partial charge in [-0.1, -0.05) is 29.7 Å². The van der Waals surface area contributed by atoms with Gasteiger partial charge in [-0.15, -0.1) is 0 Å². The summed E-state index contributed by atoms with van der Waals surface area (Å²) in [7, 11) is 5.82. The second-order valence-corrected chi connectivity index (χ2v) is 5.54. The van der Waals surface area contributed by atoms with Crippen LogP contribution in [-0.2, 0) is 12.8 Å². The summed E-state index contributed by atoms with van der Waals surface area (Å²) in [5, 5.41) is 0. The van der Waals surface area contributed by atoms with Crippen LogP contribution in [0.4, 0.5) is 0 Å². The zero-order valence-electron chi connectivity index (χ0n) is 11.5. The summed E-state index contributed by atoms with van der Waals surface area (Å²) in [6, 6.07) is 8.18. The molecule has 1 aromatic heterocycles. The lowest BCUT2D eigenvalue weighted by Crippen LogP contribution is -2.06. The summed E-state index contributed by atoms with van der Waals surface area (Å²) >= 11 is 0. The van der Waals surface area contributed by atoms with Gasteiger partial charge in [0.25, 0.3) is 0 Å². The minimum atomic E-state index is 0.815. The van der Waals surface area contributed by atoms with Crippen molar-refractivity contribution >= 4 is 25.5 Å². The summed E-state index contributed by atoms with van der Waals surface area (Å²) in [5.41, 5.74) is 7.83. The molecule has 0 bridgehead atoms. The van der Waals surface area contributed by atoms with Crippen LogP contribution in [0.2, 0.25) is 0 Å². The number of hydrogen-bond donors (Lipinski definition) is 0. The quantitative estimate of drug-likeness (QED) is 0.691. The lowest BCUT2D eigenvalue weighted by molar-refractivity contribution is 0.922. The van der Waals surface area contributed by atoms with E-state index in [2.05, 4.69) is 41.0 Å². The van der Waals surface area contributed by atoms with Gasteiger partial charge in [0.05, 0.1) is 0 Å². The molecule has 0 atom stereocenters. The Morgan fingerprint density at radius 1 is 0.800 bits per heavy atom. The Kier molecular flexibility index (Phi) is 2.69. The molecule has 2 aromatic rings. The van der Waals surface area contributed by atoms with E-state index in [9.17, 15) is 0 Å². The minimum Gasteiger partial charge on any atom is -0.310 e. The largest absolute Gasteiger partial charge is 0.310 e. The van der Waals surface area contributed by atoms with Gasteiger partial charge in [-0.2, -0.15) is 0 Å². The molecule has 0 amide bonds. The molecule has 1 aromatic carbocycles. The molecule has 4 rings (SSSR count). The zero-order valence-corrected chi connectivity index (χ0v) is 11.5. The van der Waals surface area contributed by atoms with Gasteiger partial charge in [-0.05, 0) is 61.1 Å². The first-order valence-corrected chi connectivity index (χ1v) is 7.30. The third-order valence-electron chi connectivity index (χ3n) is 4.29. The molecule has 0 saturated carbocycles. The highest BCUT2D eigenvalue weighted by Gasteiger charge is 2.22. The van der Waals surface area contributed by atoms with E-state index in [1.807, 2.05) is 12.1 Å². The number of aromatic nitrogens is 1. The molecule has 2 heteroatoms. The van der Waals surface area contributed by atoms with Crippen LogP contribution < -0.4 is 5.46 Å². The van der Waals surface area contributed by atoms with Crippen molar-refractivity contribution in [3.05, 3.63) is 58.9 Å². The van der Waals surface area contributed by atoms with Crippen LogP contribution in [0, 0.1) is 0 Å². The Bertz CT molecular complexity index is 677. The fraction of sp³-hybridized carbons (Fsp3) is 0.222. The third-order valence-corrected chi connectivity index (χ3v) is 4.29. The molecule has 0 saturated heterocycles. The van der Waals surface area contributed by atoms with Gasteiger partial charge in [-0.3, -0.25) is 0 Å². The maximum absolute atomic E-state index is 5.82. The van der Waals surface area contributed by atoms with Crippen molar-refractivity contribution in [2.75, 3.05) is 0 Å². The molecule has 0 N–H and O–H groups in total. The number of fused-ring (bicyclic) bond motifs is 3. The van der Waals surface area contributed by atoms with E-state index in [0.29, 0.717) is 0 Å². The van der Waals surface area contributed by atoms with E-state index in [1.165, 1.54) is 29.9 Å². The van der Waals surface area contributed by atoms with Crippen molar-refractivity contribution in [1.29, 1.82) is 0 Å². The highest BCUT2D eigenvalue weighted by Crippen LogP contribution is 2.35. The molecule has 1 nitrogen and oxygen atoms in total. The number of rotatable bonds is 1. The van der Waals surface area contributed by atoms with E-state index in [-0.39, 0.29) is 0 Å². The molecular formula is C18H16BN. The number of allylic oxidation sites excluding steroid dienone is 2. The maximum atomic E-state index is 5.82. The van der Waals surface area contributed by atoms with Crippen LogP contribution in [0.3, 0.4) is 0 Å². The van der Waals surface area contributed by atoms with Crippen molar-refractivity contribution in [1.82, 2.24) is 4.57 Å². The maximum Gasteiger partial charge on any atom is 0.113 e. The highest BCUT2D eigenvalue weighted by atomic mass is 15.0. The molecule has 0 spiro atoms. The fourth-order valence-electron chi connectivity index (χ4n) is 3.36. The van der Waals surface area contributed by atoms with Crippen molar-refractivity contribution in [3.63, 3.8) is 0 Å². The van der Waals surface area contributed by atoms with Crippen LogP contribution >= 0.6 is 0 Å². The Morgan fingerprint density at radius 3 is 1.90 bits per heavy atom. The van der Waals surface area contributed by atoms with Crippen molar-refractivity contribution in [3.8, 4) is 5.69 Å². The molecule has 2 radical (unpaired) electrons. The summed E-state index contributed by atoms with van der Waals surface area (Å²) in [6.07, 6.45) is 13.8. The topological polar surface area (TPSA) is 4.93 Å². The van der Waals surface area contributed by atoms with Crippen molar-refractivity contribution in [2.24, 2.45) is 0 Å². The van der Waals surface area contributed by atoms with Crippen LogP contribution in [-0.4, -0.2) is 12.4 Å². The van der Waals surface area contributed by atoms with Gasteiger partial charge in [0.2, 0.25) is 0 Å². The molecular weight excluding hydrogens is 241 g/mol. The fourth-order valence-corrected chi connectivity index (χ4v) is 3.36. The summed E-state index contributed by atoms with van der Waals surface area (Å²) in [5.74, 6) is 0. The average Bonchev–Trinajstić information content (AvgIpc) is 2.83. The molecule has 2 aliphatic carbocycles. The predicted molar refractivity (Wildman–Crippen MR) is 85.9 cm³/mol. The monoisotopic (exact) mass is 257 g/mol. The van der Waals surface area contributed by atoms with Gasteiger partial charge >= 0.3 is 0 Å². The van der Waals surface area contributed by atoms with E-state index in [1.54, 1.807) is 11.1 Å². The van der Waals surface area contributed by atoms with Crippen molar-refractivity contribution in [2.45, 2.75) is 25.7 Å². The number of benzene rings is 1. The zero-order chi connectivity index (χ0) is 13.5. The molecule has 0 unspecified atom stereocenters. The summed E-state index contributed by atoms with van der Waals surface area (Å²) < 4.78 is 2.38.